The molecular formula is C28H31N5O3. The van der Waals surface area contributed by atoms with Gasteiger partial charge in [0.15, 0.2) is 0 Å². The third kappa shape index (κ3) is 5.70. The van der Waals surface area contributed by atoms with Crippen molar-refractivity contribution in [1.82, 2.24) is 19.8 Å². The Balaban J connectivity index is 1.66. The minimum Gasteiger partial charge on any atom is -0.472 e. The van der Waals surface area contributed by atoms with Crippen molar-refractivity contribution in [2.24, 2.45) is 5.92 Å². The van der Waals surface area contributed by atoms with E-state index in [-0.39, 0.29) is 30.6 Å². The number of benzene rings is 1. The van der Waals surface area contributed by atoms with Crippen LogP contribution >= 0.6 is 0 Å². The summed E-state index contributed by atoms with van der Waals surface area (Å²) in [6.07, 6.45) is 5.04. The van der Waals surface area contributed by atoms with Crippen LogP contribution in [0.5, 0.6) is 5.88 Å². The number of amides is 1. The van der Waals surface area contributed by atoms with Crippen molar-refractivity contribution >= 4 is 5.91 Å². The molecule has 3 aromatic rings. The Kier molecular flexibility index (Phi) is 7.93. The summed E-state index contributed by atoms with van der Waals surface area (Å²) >= 11 is 0. The lowest BCUT2D eigenvalue weighted by Crippen LogP contribution is -2.49. The molecule has 8 heteroatoms. The van der Waals surface area contributed by atoms with Crippen LogP contribution in [0.4, 0.5) is 0 Å². The number of aliphatic hydroxyl groups excluding tert-OH is 1. The van der Waals surface area contributed by atoms with E-state index in [1.54, 1.807) is 41.7 Å². The smallest absolute Gasteiger partial charge is 0.259 e. The highest BCUT2D eigenvalue weighted by molar-refractivity contribution is 5.98. The van der Waals surface area contributed by atoms with Crippen LogP contribution in [0.2, 0.25) is 0 Å². The van der Waals surface area contributed by atoms with Crippen LogP contribution in [-0.4, -0.2) is 69.7 Å². The van der Waals surface area contributed by atoms with E-state index in [4.69, 9.17) is 10.00 Å². The number of hydrogen-bond donors (Lipinski definition) is 1. The summed E-state index contributed by atoms with van der Waals surface area (Å²) < 4.78 is 6.40. The Hall–Kier alpha value is -3.80. The third-order valence-corrected chi connectivity index (χ3v) is 6.56. The van der Waals surface area contributed by atoms with Crippen LogP contribution < -0.4 is 4.74 Å². The average Bonchev–Trinajstić information content (AvgIpc) is 2.90. The standard InChI is InChI=1S/C28H31N5O3/c1-19-15-33(20(2)18-34)28(35)25-12-24(23-6-4-21(13-29)5-7-23)14-31-27(25)36-26(19)17-32(3)16-22-8-10-30-11-9-22/h4-12,14,19-20,26,34H,15-18H2,1-3H3/t19-,20-,26+/m1/s1. The van der Waals surface area contributed by atoms with Gasteiger partial charge in [0, 0.05) is 49.7 Å². The lowest BCUT2D eigenvalue weighted by Gasteiger charge is -2.37. The highest BCUT2D eigenvalue weighted by atomic mass is 16.5. The van der Waals surface area contributed by atoms with E-state index < -0.39 is 0 Å². The van der Waals surface area contributed by atoms with Crippen molar-refractivity contribution < 1.29 is 14.6 Å². The number of ether oxygens (including phenoxy) is 1. The van der Waals surface area contributed by atoms with E-state index >= 15 is 0 Å². The molecule has 2 aromatic heterocycles. The molecule has 1 amide bonds. The Morgan fingerprint density at radius 2 is 1.94 bits per heavy atom. The number of aromatic nitrogens is 2. The van der Waals surface area contributed by atoms with Crippen LogP contribution in [0.15, 0.2) is 61.1 Å². The second-order valence-corrected chi connectivity index (χ2v) is 9.44. The Morgan fingerprint density at radius 3 is 2.61 bits per heavy atom. The Morgan fingerprint density at radius 1 is 1.22 bits per heavy atom. The van der Waals surface area contributed by atoms with Gasteiger partial charge >= 0.3 is 0 Å². The highest BCUT2D eigenvalue weighted by Gasteiger charge is 2.34. The molecular weight excluding hydrogens is 454 g/mol. The van der Waals surface area contributed by atoms with Crippen molar-refractivity contribution in [1.29, 1.82) is 5.26 Å². The normalized spacial score (nSPS) is 18.6. The first-order valence-electron chi connectivity index (χ1n) is 12.1. The van der Waals surface area contributed by atoms with Crippen molar-refractivity contribution in [3.05, 3.63) is 77.7 Å². The third-order valence-electron chi connectivity index (χ3n) is 6.56. The van der Waals surface area contributed by atoms with Crippen molar-refractivity contribution in [3.63, 3.8) is 0 Å². The summed E-state index contributed by atoms with van der Waals surface area (Å²) in [7, 11) is 2.04. The summed E-state index contributed by atoms with van der Waals surface area (Å²) in [6, 6.07) is 14.7. The summed E-state index contributed by atoms with van der Waals surface area (Å²) in [5, 5.41) is 19.0. The SMILES string of the molecule is C[C@@H]1CN([C@H](C)CO)C(=O)c2cc(-c3ccc(C#N)cc3)cnc2O[C@H]1CN(C)Cc1ccncc1. The van der Waals surface area contributed by atoms with Gasteiger partial charge in [-0.3, -0.25) is 14.7 Å². The maximum absolute atomic E-state index is 13.6. The molecule has 0 saturated heterocycles. The maximum Gasteiger partial charge on any atom is 0.259 e. The first kappa shape index (κ1) is 25.3. The molecule has 0 fully saturated rings. The molecule has 1 aromatic carbocycles. The second-order valence-electron chi connectivity index (χ2n) is 9.44. The molecule has 0 saturated carbocycles. The van der Waals surface area contributed by atoms with Crippen LogP contribution in [0.3, 0.4) is 0 Å². The van der Waals surface area contributed by atoms with Crippen molar-refractivity contribution in [2.75, 3.05) is 26.7 Å². The zero-order chi connectivity index (χ0) is 25.7. The van der Waals surface area contributed by atoms with Crippen LogP contribution in [0.25, 0.3) is 11.1 Å². The minimum absolute atomic E-state index is 0.0102. The topological polar surface area (TPSA) is 103 Å². The van der Waals surface area contributed by atoms with E-state index in [1.807, 2.05) is 38.2 Å². The van der Waals surface area contributed by atoms with Crippen LogP contribution in [-0.2, 0) is 6.54 Å². The number of likely N-dealkylation sites (N-methyl/N-ethyl adjacent to an activating group) is 1. The van der Waals surface area contributed by atoms with Crippen molar-refractivity contribution in [3.8, 4) is 23.1 Å². The van der Waals surface area contributed by atoms with E-state index in [0.29, 0.717) is 30.1 Å². The van der Waals surface area contributed by atoms with Crippen LogP contribution in [0.1, 0.15) is 35.3 Å². The number of pyridine rings is 2. The van der Waals surface area contributed by atoms with Crippen LogP contribution in [0, 0.1) is 17.2 Å². The predicted octanol–water partition coefficient (Wildman–Crippen LogP) is 3.37. The minimum atomic E-state index is -0.348. The summed E-state index contributed by atoms with van der Waals surface area (Å²) in [4.78, 5) is 26.2. The fraction of sp³-hybridized carbons (Fsp3) is 0.357. The van der Waals surface area contributed by atoms with Gasteiger partial charge in [0.1, 0.15) is 11.7 Å². The monoisotopic (exact) mass is 485 g/mol. The number of rotatable bonds is 7. The molecule has 0 bridgehead atoms. The maximum atomic E-state index is 13.6. The van der Waals surface area contributed by atoms with E-state index in [9.17, 15) is 9.90 Å². The molecule has 1 aliphatic rings. The van der Waals surface area contributed by atoms with E-state index in [2.05, 4.69) is 27.9 Å². The van der Waals surface area contributed by atoms with Gasteiger partial charge in [-0.25, -0.2) is 4.98 Å². The predicted molar refractivity (Wildman–Crippen MR) is 136 cm³/mol. The largest absolute Gasteiger partial charge is 0.472 e. The van der Waals surface area contributed by atoms with Gasteiger partial charge < -0.3 is 14.7 Å². The molecule has 0 unspecified atom stereocenters. The first-order valence-corrected chi connectivity index (χ1v) is 12.1. The number of carbonyl (C=O) groups is 1. The van der Waals surface area contributed by atoms with Gasteiger partial charge in [-0.2, -0.15) is 5.26 Å². The number of hydrogen-bond acceptors (Lipinski definition) is 7. The van der Waals surface area contributed by atoms with Gasteiger partial charge in [-0.05, 0) is 55.4 Å². The zero-order valence-corrected chi connectivity index (χ0v) is 20.8. The number of nitrogens with zero attached hydrogens (tertiary/aromatic N) is 5. The van der Waals surface area contributed by atoms with Gasteiger partial charge in [0.05, 0.1) is 24.3 Å². The average molecular weight is 486 g/mol. The Bertz CT molecular complexity index is 1230. The molecule has 1 N–H and O–H groups in total. The lowest BCUT2D eigenvalue weighted by atomic mass is 9.99. The number of aliphatic hydroxyl groups is 1. The Labute approximate surface area is 211 Å². The first-order chi connectivity index (χ1) is 17.4. The van der Waals surface area contributed by atoms with Gasteiger partial charge in [-0.1, -0.05) is 19.1 Å². The quantitative estimate of drug-likeness (QED) is 0.547. The molecule has 1 aliphatic heterocycles. The van der Waals surface area contributed by atoms with E-state index in [0.717, 1.165) is 23.2 Å². The summed E-state index contributed by atoms with van der Waals surface area (Å²) in [5.41, 5.74) is 3.69. The molecule has 3 atom stereocenters. The molecule has 4 rings (SSSR count). The number of nitriles is 1. The zero-order valence-electron chi connectivity index (χ0n) is 20.8. The van der Waals surface area contributed by atoms with Gasteiger partial charge in [-0.15, -0.1) is 0 Å². The molecule has 8 nitrogen and oxygen atoms in total. The highest BCUT2D eigenvalue weighted by Crippen LogP contribution is 2.30. The molecule has 0 radical (unpaired) electrons. The molecule has 36 heavy (non-hydrogen) atoms. The molecule has 0 spiro atoms. The molecule has 0 aliphatic carbocycles. The second kappa shape index (κ2) is 11.3. The van der Waals surface area contributed by atoms with E-state index in [1.165, 1.54) is 0 Å². The fourth-order valence-corrected chi connectivity index (χ4v) is 4.39. The summed E-state index contributed by atoms with van der Waals surface area (Å²) in [5.74, 6) is 0.0855. The summed E-state index contributed by atoms with van der Waals surface area (Å²) in [6.45, 7) is 5.60. The lowest BCUT2D eigenvalue weighted by molar-refractivity contribution is 0.0325. The van der Waals surface area contributed by atoms with Crippen molar-refractivity contribution in [2.45, 2.75) is 32.5 Å². The number of carbonyl (C=O) groups excluding carboxylic acids is 1. The fourth-order valence-electron chi connectivity index (χ4n) is 4.39. The number of fused-ring (bicyclic) bond motifs is 1. The van der Waals surface area contributed by atoms with Gasteiger partial charge in [0.2, 0.25) is 5.88 Å². The molecule has 186 valence electrons. The van der Waals surface area contributed by atoms with Gasteiger partial charge in [0.25, 0.3) is 5.91 Å². The molecule has 3 heterocycles.